The molecule has 1 unspecified atom stereocenters. The van der Waals surface area contributed by atoms with Crippen LogP contribution in [-0.2, 0) is 28.7 Å². The molecule has 6 atom stereocenters. The van der Waals surface area contributed by atoms with Gasteiger partial charge in [-0.2, -0.15) is 0 Å². The molecule has 0 aromatic carbocycles. The van der Waals surface area contributed by atoms with E-state index in [2.05, 4.69) is 36.4 Å². The van der Waals surface area contributed by atoms with E-state index < -0.39 is 64.6 Å². The largest absolute Gasteiger partial charge is 0.430 e. The van der Waals surface area contributed by atoms with Crippen molar-refractivity contribution in [3.8, 4) is 0 Å². The van der Waals surface area contributed by atoms with Crippen LogP contribution in [0.25, 0.3) is 0 Å². The number of nitrogens with one attached hydrogen (secondary N) is 3. The molecule has 1 heterocycles. The Bertz CT molecular complexity index is 1260. The number of ketones is 1. The van der Waals surface area contributed by atoms with Gasteiger partial charge in [-0.15, -0.1) is 0 Å². The molecular formula is C33H51N5O7. The standard InChI is InChI=1S/C33H51N5O7/c1-17(2)45-29(43)25(31(3,4)5)37-30(44)36-24(33(8)13-9-10-14-33)28(42)38-16-19-21(32(19,6)7)22(38)27(41)35-20(15-18-11-12-18)23(39)26(34)40/h18-22,24-25H,1,9-16H2,2-8H3,(H2,34,40)(H,35,41)(H2,36,37,44)/t19-,20?,21-,22-,24+,25+/m0/s1. The van der Waals surface area contributed by atoms with Crippen LogP contribution in [0.4, 0.5) is 4.79 Å². The van der Waals surface area contributed by atoms with Gasteiger partial charge in [0.15, 0.2) is 0 Å². The Kier molecular flexibility index (Phi) is 9.49. The fraction of sp³-hybridized carbons (Fsp3) is 0.758. The summed E-state index contributed by atoms with van der Waals surface area (Å²) in [4.78, 5) is 80.8. The fourth-order valence-corrected chi connectivity index (χ4v) is 7.50. The molecule has 4 fully saturated rings. The molecule has 250 valence electrons. The van der Waals surface area contributed by atoms with Crippen molar-refractivity contribution in [2.45, 2.75) is 118 Å². The lowest BCUT2D eigenvalue weighted by Crippen LogP contribution is -2.63. The van der Waals surface area contributed by atoms with E-state index in [1.807, 2.05) is 6.92 Å². The molecule has 4 aliphatic rings. The summed E-state index contributed by atoms with van der Waals surface area (Å²) in [7, 11) is 0. The Morgan fingerprint density at radius 3 is 2.11 bits per heavy atom. The van der Waals surface area contributed by atoms with E-state index in [1.165, 1.54) is 0 Å². The number of urea groups is 1. The highest BCUT2D eigenvalue weighted by Gasteiger charge is 2.70. The number of carbonyl (C=O) groups is 6. The van der Waals surface area contributed by atoms with Gasteiger partial charge in [0.05, 0.1) is 11.8 Å². The van der Waals surface area contributed by atoms with E-state index in [4.69, 9.17) is 10.5 Å². The van der Waals surface area contributed by atoms with E-state index in [0.717, 1.165) is 25.7 Å². The van der Waals surface area contributed by atoms with Gasteiger partial charge in [-0.3, -0.25) is 19.2 Å². The lowest BCUT2D eigenvalue weighted by molar-refractivity contribution is -0.145. The predicted molar refractivity (Wildman–Crippen MR) is 166 cm³/mol. The average molecular weight is 630 g/mol. The summed E-state index contributed by atoms with van der Waals surface area (Å²) in [6.07, 6.45) is 5.33. The number of hydrogen-bond acceptors (Lipinski definition) is 7. The summed E-state index contributed by atoms with van der Waals surface area (Å²) in [5, 5.41) is 8.39. The molecule has 0 radical (unpaired) electrons. The second kappa shape index (κ2) is 12.4. The minimum absolute atomic E-state index is 0.0685. The number of carbonyl (C=O) groups excluding carboxylic acids is 6. The van der Waals surface area contributed by atoms with Crippen molar-refractivity contribution < 1.29 is 33.5 Å². The first-order chi connectivity index (χ1) is 20.8. The number of esters is 1. The Labute approximate surface area is 266 Å². The van der Waals surface area contributed by atoms with E-state index in [-0.39, 0.29) is 34.8 Å². The van der Waals surface area contributed by atoms with E-state index in [9.17, 15) is 28.8 Å². The molecule has 3 saturated carbocycles. The third-order valence-electron chi connectivity index (χ3n) is 10.5. The number of hydrogen-bond donors (Lipinski definition) is 4. The molecule has 0 aromatic rings. The van der Waals surface area contributed by atoms with Gasteiger partial charge in [-0.05, 0) is 60.2 Å². The van der Waals surface area contributed by atoms with Gasteiger partial charge >= 0.3 is 12.0 Å². The number of rotatable bonds is 12. The zero-order chi connectivity index (χ0) is 33.6. The summed E-state index contributed by atoms with van der Waals surface area (Å²) in [5.74, 6) is -3.11. The van der Waals surface area contributed by atoms with Crippen LogP contribution in [0.2, 0.25) is 0 Å². The monoisotopic (exact) mass is 629 g/mol. The zero-order valence-electron chi connectivity index (χ0n) is 27.8. The number of piperidine rings is 1. The van der Waals surface area contributed by atoms with Crippen molar-refractivity contribution >= 4 is 35.5 Å². The first kappa shape index (κ1) is 34.4. The number of nitrogens with zero attached hydrogens (tertiary/aromatic N) is 1. The maximum atomic E-state index is 14.5. The number of fused-ring (bicyclic) bond motifs is 1. The maximum absolute atomic E-state index is 14.5. The second-order valence-electron chi connectivity index (χ2n) is 15.7. The Morgan fingerprint density at radius 2 is 1.60 bits per heavy atom. The summed E-state index contributed by atoms with van der Waals surface area (Å²) in [6, 6.07) is -4.59. The quantitative estimate of drug-likeness (QED) is 0.146. The van der Waals surface area contributed by atoms with Crippen LogP contribution in [0.3, 0.4) is 0 Å². The Morgan fingerprint density at radius 1 is 1.00 bits per heavy atom. The minimum Gasteiger partial charge on any atom is -0.430 e. The number of nitrogens with two attached hydrogens (primary N) is 1. The molecule has 1 saturated heterocycles. The van der Waals surface area contributed by atoms with Crippen molar-refractivity contribution in [1.29, 1.82) is 0 Å². The number of Topliss-reactive ketones (excluding diaryl/α,β-unsaturated/α-hetero) is 1. The van der Waals surface area contributed by atoms with Crippen LogP contribution in [0, 0.1) is 34.0 Å². The normalized spacial score (nSPS) is 26.5. The van der Waals surface area contributed by atoms with Gasteiger partial charge in [0.2, 0.25) is 17.6 Å². The van der Waals surface area contributed by atoms with E-state index in [1.54, 1.807) is 32.6 Å². The van der Waals surface area contributed by atoms with Gasteiger partial charge in [0, 0.05) is 6.54 Å². The van der Waals surface area contributed by atoms with E-state index >= 15 is 0 Å². The van der Waals surface area contributed by atoms with Crippen molar-refractivity contribution in [2.24, 2.45) is 39.7 Å². The van der Waals surface area contributed by atoms with Crippen LogP contribution in [0.1, 0.15) is 93.4 Å². The van der Waals surface area contributed by atoms with Crippen LogP contribution < -0.4 is 21.7 Å². The molecule has 4 rings (SSSR count). The molecule has 12 nitrogen and oxygen atoms in total. The van der Waals surface area contributed by atoms with Gasteiger partial charge < -0.3 is 31.3 Å². The minimum atomic E-state index is -1.10. The van der Waals surface area contributed by atoms with Gasteiger partial charge in [0.25, 0.3) is 5.91 Å². The fourth-order valence-electron chi connectivity index (χ4n) is 7.50. The highest BCUT2D eigenvalue weighted by Crippen LogP contribution is 2.65. The highest BCUT2D eigenvalue weighted by molar-refractivity contribution is 6.37. The number of primary amides is 1. The molecule has 3 aliphatic carbocycles. The molecule has 5 amide bonds. The van der Waals surface area contributed by atoms with Crippen molar-refractivity contribution in [3.63, 3.8) is 0 Å². The lowest BCUT2D eigenvalue weighted by atomic mass is 9.79. The summed E-state index contributed by atoms with van der Waals surface area (Å²) in [6.45, 7) is 16.9. The summed E-state index contributed by atoms with van der Waals surface area (Å²) in [5.41, 5.74) is 3.83. The Hall–Kier alpha value is -3.44. The second-order valence-corrected chi connectivity index (χ2v) is 15.7. The maximum Gasteiger partial charge on any atom is 0.334 e. The lowest BCUT2D eigenvalue weighted by Gasteiger charge is -2.40. The zero-order valence-corrected chi connectivity index (χ0v) is 27.8. The predicted octanol–water partition coefficient (Wildman–Crippen LogP) is 2.55. The van der Waals surface area contributed by atoms with Gasteiger partial charge in [-0.25, -0.2) is 9.59 Å². The molecule has 5 N–H and O–H groups in total. The molecule has 1 aliphatic heterocycles. The first-order valence-electron chi connectivity index (χ1n) is 16.2. The molecule has 12 heteroatoms. The molecule has 0 spiro atoms. The number of ether oxygens (including phenoxy) is 1. The summed E-state index contributed by atoms with van der Waals surface area (Å²) < 4.78 is 5.21. The van der Waals surface area contributed by atoms with Crippen molar-refractivity contribution in [1.82, 2.24) is 20.9 Å². The Balaban J connectivity index is 1.58. The molecule has 0 bridgehead atoms. The average Bonchev–Trinajstić information content (AvgIpc) is 3.67. The van der Waals surface area contributed by atoms with Gasteiger partial charge in [-0.1, -0.05) is 73.8 Å². The number of likely N-dealkylation sites (tertiary alicyclic amines) is 1. The third-order valence-corrected chi connectivity index (χ3v) is 10.5. The van der Waals surface area contributed by atoms with Crippen molar-refractivity contribution in [2.75, 3.05) is 6.54 Å². The topological polar surface area (TPSA) is 177 Å². The van der Waals surface area contributed by atoms with Crippen molar-refractivity contribution in [3.05, 3.63) is 12.3 Å². The SMILES string of the molecule is C=C(C)OC(=O)[C@@H](NC(=O)N[C@H](C(=O)N1C[C@H]2[C@@H]([C@H]1C(=O)NC(CC1CC1)C(=O)C(N)=O)C2(C)C)C1(C)CCCC1)C(C)(C)C. The van der Waals surface area contributed by atoms with Crippen LogP contribution in [0.5, 0.6) is 0 Å². The van der Waals surface area contributed by atoms with Gasteiger partial charge in [0.1, 0.15) is 18.1 Å². The number of allylic oxidation sites excluding steroid dienone is 1. The van der Waals surface area contributed by atoms with Crippen LogP contribution >= 0.6 is 0 Å². The summed E-state index contributed by atoms with van der Waals surface area (Å²) >= 11 is 0. The molecular weight excluding hydrogens is 578 g/mol. The highest BCUT2D eigenvalue weighted by atomic mass is 16.5. The third kappa shape index (κ3) is 7.35. The first-order valence-corrected chi connectivity index (χ1v) is 16.2. The smallest absolute Gasteiger partial charge is 0.334 e. The molecule has 45 heavy (non-hydrogen) atoms. The van der Waals surface area contributed by atoms with Crippen LogP contribution in [-0.4, -0.2) is 71.1 Å². The van der Waals surface area contributed by atoms with E-state index in [0.29, 0.717) is 25.8 Å². The number of amides is 5. The van der Waals surface area contributed by atoms with Crippen LogP contribution in [0.15, 0.2) is 12.3 Å². The molecule has 0 aromatic heterocycles.